The van der Waals surface area contributed by atoms with Gasteiger partial charge in [-0.25, -0.2) is 9.78 Å². The molecule has 1 aromatic carbocycles. The predicted octanol–water partition coefficient (Wildman–Crippen LogP) is 3.21. The highest BCUT2D eigenvalue weighted by molar-refractivity contribution is 5.67. The average Bonchev–Trinajstić information content (AvgIpc) is 2.46. The van der Waals surface area contributed by atoms with E-state index >= 15 is 0 Å². The van der Waals surface area contributed by atoms with Crippen molar-refractivity contribution in [1.29, 1.82) is 0 Å². The maximum Gasteiger partial charge on any atom is 0.407 e. The molecular weight excluding hydrogens is 259 g/mol. The molecule has 4 nitrogen and oxygen atoms in total. The third kappa shape index (κ3) is 3.78. The summed E-state index contributed by atoms with van der Waals surface area (Å²) in [6.07, 6.45) is 0.767. The first-order valence-electron chi connectivity index (χ1n) is 6.24. The highest BCUT2D eigenvalue weighted by Crippen LogP contribution is 2.14. The zero-order chi connectivity index (χ0) is 14.4. The number of benzene rings is 1. The topological polar surface area (TPSA) is 51.2 Å². The highest BCUT2D eigenvalue weighted by atomic mass is 19.1. The molecule has 0 bridgehead atoms. The number of alkyl carbamates (subject to hydrolysis) is 1. The van der Waals surface area contributed by atoms with Gasteiger partial charge in [0.2, 0.25) is 5.95 Å². The van der Waals surface area contributed by atoms with Crippen LogP contribution in [0.2, 0.25) is 0 Å². The van der Waals surface area contributed by atoms with Gasteiger partial charge in [0.05, 0.1) is 6.04 Å². The highest BCUT2D eigenvalue weighted by Gasteiger charge is 2.14. The lowest BCUT2D eigenvalue weighted by Gasteiger charge is -2.14. The van der Waals surface area contributed by atoms with Gasteiger partial charge in [0.15, 0.2) is 0 Å². The van der Waals surface area contributed by atoms with E-state index in [2.05, 4.69) is 10.3 Å². The second-order valence-electron chi connectivity index (χ2n) is 4.31. The maximum absolute atomic E-state index is 13.4. The van der Waals surface area contributed by atoms with Crippen molar-refractivity contribution in [3.8, 4) is 0 Å². The number of ether oxygens (including phenoxy) is 1. The molecule has 1 N–H and O–H groups in total. The lowest BCUT2D eigenvalue weighted by molar-refractivity contribution is 0.136. The first-order chi connectivity index (χ1) is 9.66. The number of nitrogens with one attached hydrogen (secondary N) is 1. The van der Waals surface area contributed by atoms with Crippen molar-refractivity contribution in [1.82, 2.24) is 10.3 Å². The Balaban J connectivity index is 1.87. The number of aromatic nitrogens is 1. The molecule has 0 aliphatic carbocycles. The van der Waals surface area contributed by atoms with Crippen molar-refractivity contribution in [3.05, 3.63) is 65.7 Å². The number of pyridine rings is 1. The van der Waals surface area contributed by atoms with Gasteiger partial charge in [0.25, 0.3) is 0 Å². The van der Waals surface area contributed by atoms with E-state index in [0.29, 0.717) is 5.56 Å². The van der Waals surface area contributed by atoms with Crippen molar-refractivity contribution in [2.45, 2.75) is 19.6 Å². The third-order valence-electron chi connectivity index (χ3n) is 2.80. The molecule has 1 amide bonds. The second kappa shape index (κ2) is 6.65. The van der Waals surface area contributed by atoms with Gasteiger partial charge in [-0.3, -0.25) is 0 Å². The van der Waals surface area contributed by atoms with Crippen LogP contribution in [0.3, 0.4) is 0 Å². The summed E-state index contributed by atoms with van der Waals surface area (Å²) in [5.74, 6) is -0.594. The van der Waals surface area contributed by atoms with Gasteiger partial charge in [0, 0.05) is 11.8 Å². The van der Waals surface area contributed by atoms with Gasteiger partial charge in [-0.1, -0.05) is 36.4 Å². The van der Waals surface area contributed by atoms with E-state index in [0.717, 1.165) is 5.56 Å². The van der Waals surface area contributed by atoms with Gasteiger partial charge >= 0.3 is 6.09 Å². The Morgan fingerprint density at radius 2 is 2.05 bits per heavy atom. The Morgan fingerprint density at radius 3 is 2.75 bits per heavy atom. The van der Waals surface area contributed by atoms with Gasteiger partial charge in [0.1, 0.15) is 6.61 Å². The molecule has 0 radical (unpaired) electrons. The van der Waals surface area contributed by atoms with E-state index in [4.69, 9.17) is 4.74 Å². The molecule has 20 heavy (non-hydrogen) atoms. The molecule has 0 spiro atoms. The van der Waals surface area contributed by atoms with E-state index in [1.807, 2.05) is 30.3 Å². The average molecular weight is 274 g/mol. The number of carbonyl (C=O) groups is 1. The molecule has 0 saturated heterocycles. The van der Waals surface area contributed by atoms with Crippen LogP contribution in [0.25, 0.3) is 0 Å². The smallest absolute Gasteiger partial charge is 0.407 e. The van der Waals surface area contributed by atoms with E-state index in [9.17, 15) is 9.18 Å². The number of carbonyl (C=O) groups excluding carboxylic acids is 1. The summed E-state index contributed by atoms with van der Waals surface area (Å²) < 4.78 is 18.5. The van der Waals surface area contributed by atoms with Crippen LogP contribution in [-0.2, 0) is 11.3 Å². The molecule has 0 unspecified atom stereocenters. The largest absolute Gasteiger partial charge is 0.445 e. The fourth-order valence-corrected chi connectivity index (χ4v) is 1.74. The van der Waals surface area contributed by atoms with Crippen LogP contribution >= 0.6 is 0 Å². The van der Waals surface area contributed by atoms with E-state index in [1.165, 1.54) is 6.20 Å². The molecule has 1 atom stereocenters. The predicted molar refractivity (Wildman–Crippen MR) is 72.4 cm³/mol. The molecule has 0 aliphatic heterocycles. The maximum atomic E-state index is 13.4. The van der Waals surface area contributed by atoms with Crippen LogP contribution in [0.5, 0.6) is 0 Å². The summed E-state index contributed by atoms with van der Waals surface area (Å²) in [6, 6.07) is 12.0. The van der Waals surface area contributed by atoms with E-state index in [1.54, 1.807) is 19.1 Å². The summed E-state index contributed by atoms with van der Waals surface area (Å²) in [4.78, 5) is 15.2. The number of halogens is 1. The van der Waals surface area contributed by atoms with Crippen molar-refractivity contribution in [3.63, 3.8) is 0 Å². The van der Waals surface area contributed by atoms with Gasteiger partial charge in [-0.05, 0) is 18.6 Å². The Kier molecular flexibility index (Phi) is 4.65. The molecule has 0 aliphatic rings. The number of rotatable bonds is 4. The van der Waals surface area contributed by atoms with E-state index in [-0.39, 0.29) is 6.61 Å². The minimum Gasteiger partial charge on any atom is -0.445 e. The lowest BCUT2D eigenvalue weighted by atomic mass is 10.1. The Morgan fingerprint density at radius 1 is 1.30 bits per heavy atom. The van der Waals surface area contributed by atoms with Crippen LogP contribution in [-0.4, -0.2) is 11.1 Å². The number of hydrogen-bond acceptors (Lipinski definition) is 3. The summed E-state index contributed by atoms with van der Waals surface area (Å²) in [7, 11) is 0. The summed E-state index contributed by atoms with van der Waals surface area (Å²) in [5, 5.41) is 2.57. The molecule has 1 heterocycles. The summed E-state index contributed by atoms with van der Waals surface area (Å²) in [6.45, 7) is 1.85. The monoisotopic (exact) mass is 274 g/mol. The second-order valence-corrected chi connectivity index (χ2v) is 4.31. The van der Waals surface area contributed by atoms with Crippen molar-refractivity contribution in [2.24, 2.45) is 0 Å². The first kappa shape index (κ1) is 14.0. The molecular formula is C15H15FN2O2. The Bertz CT molecular complexity index is 575. The normalized spacial score (nSPS) is 11.7. The molecule has 5 heteroatoms. The molecule has 1 aromatic heterocycles. The number of amides is 1. The Hall–Kier alpha value is -2.43. The van der Waals surface area contributed by atoms with Gasteiger partial charge in [-0.2, -0.15) is 4.39 Å². The van der Waals surface area contributed by atoms with Crippen molar-refractivity contribution < 1.29 is 13.9 Å². The van der Waals surface area contributed by atoms with Crippen LogP contribution in [0, 0.1) is 5.95 Å². The van der Waals surface area contributed by atoms with Crippen molar-refractivity contribution in [2.75, 3.05) is 0 Å². The molecule has 2 rings (SSSR count). The quantitative estimate of drug-likeness (QED) is 0.871. The Labute approximate surface area is 116 Å². The number of hydrogen-bond donors (Lipinski definition) is 1. The minimum atomic E-state index is -0.594. The standard InChI is InChI=1S/C15H15FN2O2/c1-11(13-8-5-9-17-14(13)16)18-15(19)20-10-12-6-3-2-4-7-12/h2-9,11H,10H2,1H3,(H,18,19)/t11-/m0/s1. The van der Waals surface area contributed by atoms with Crippen LogP contribution in [0.4, 0.5) is 9.18 Å². The van der Waals surface area contributed by atoms with Gasteiger partial charge in [-0.15, -0.1) is 0 Å². The summed E-state index contributed by atoms with van der Waals surface area (Å²) in [5.41, 5.74) is 1.21. The lowest BCUT2D eigenvalue weighted by Crippen LogP contribution is -2.28. The van der Waals surface area contributed by atoms with Crippen LogP contribution < -0.4 is 5.32 Å². The zero-order valence-electron chi connectivity index (χ0n) is 11.0. The minimum absolute atomic E-state index is 0.176. The fourth-order valence-electron chi connectivity index (χ4n) is 1.74. The third-order valence-corrected chi connectivity index (χ3v) is 2.80. The summed E-state index contributed by atoms with van der Waals surface area (Å²) >= 11 is 0. The van der Waals surface area contributed by atoms with Crippen LogP contribution in [0.15, 0.2) is 48.7 Å². The zero-order valence-corrected chi connectivity index (χ0v) is 11.0. The van der Waals surface area contributed by atoms with Crippen molar-refractivity contribution >= 4 is 6.09 Å². The van der Waals surface area contributed by atoms with E-state index < -0.39 is 18.1 Å². The molecule has 104 valence electrons. The molecule has 0 saturated carbocycles. The SMILES string of the molecule is C[C@H](NC(=O)OCc1ccccc1)c1cccnc1F. The molecule has 2 aromatic rings. The van der Waals surface area contributed by atoms with Gasteiger partial charge < -0.3 is 10.1 Å². The molecule has 0 fully saturated rings. The fraction of sp³-hybridized carbons (Fsp3) is 0.200. The first-order valence-corrected chi connectivity index (χ1v) is 6.24. The number of nitrogens with zero attached hydrogens (tertiary/aromatic N) is 1. The van der Waals surface area contributed by atoms with Crippen LogP contribution in [0.1, 0.15) is 24.1 Å².